The average molecular weight is 559 g/mol. The third-order valence-corrected chi connectivity index (χ3v) is 7.59. The summed E-state index contributed by atoms with van der Waals surface area (Å²) in [6, 6.07) is 23.2. The van der Waals surface area contributed by atoms with Gasteiger partial charge in [-0.2, -0.15) is 0 Å². The van der Waals surface area contributed by atoms with Crippen LogP contribution in [0.1, 0.15) is 39.2 Å². The number of aromatic nitrogens is 4. The molecule has 5 aromatic rings. The second-order valence-corrected chi connectivity index (χ2v) is 12.0. The topological polar surface area (TPSA) is 90.9 Å². The van der Waals surface area contributed by atoms with E-state index in [9.17, 15) is 0 Å². The van der Waals surface area contributed by atoms with Crippen LogP contribution in [0.5, 0.6) is 0 Å². The summed E-state index contributed by atoms with van der Waals surface area (Å²) in [6.45, 7) is 9.77. The third kappa shape index (κ3) is 6.34. The lowest BCUT2D eigenvalue weighted by Gasteiger charge is -2.44. The fourth-order valence-electron chi connectivity index (χ4n) is 5.77. The molecule has 8 heteroatoms. The molecule has 0 bridgehead atoms. The summed E-state index contributed by atoms with van der Waals surface area (Å²) >= 11 is 0. The molecule has 3 N–H and O–H groups in total. The zero-order valence-corrected chi connectivity index (χ0v) is 24.7. The van der Waals surface area contributed by atoms with Gasteiger partial charge in [0.1, 0.15) is 6.17 Å². The number of aryl methyl sites for hydroxylation is 1. The maximum atomic E-state index is 4.70. The van der Waals surface area contributed by atoms with E-state index in [0.717, 1.165) is 53.1 Å². The molecule has 1 aliphatic rings. The number of rotatable bonds is 7. The van der Waals surface area contributed by atoms with Crippen LogP contribution >= 0.6 is 0 Å². The number of pyridine rings is 2. The van der Waals surface area contributed by atoms with E-state index in [4.69, 9.17) is 4.98 Å². The Hall–Kier alpha value is -4.56. The molecule has 6 rings (SSSR count). The molecule has 0 saturated carbocycles. The van der Waals surface area contributed by atoms with Gasteiger partial charge in [0, 0.05) is 77.3 Å². The van der Waals surface area contributed by atoms with E-state index in [2.05, 4.69) is 106 Å². The number of hydrogen-bond donors (Lipinski definition) is 3. The van der Waals surface area contributed by atoms with Crippen molar-refractivity contribution in [3.63, 3.8) is 0 Å². The van der Waals surface area contributed by atoms with Crippen molar-refractivity contribution in [3.8, 4) is 11.3 Å². The summed E-state index contributed by atoms with van der Waals surface area (Å²) in [5.74, 6) is 0.555. The first-order valence-corrected chi connectivity index (χ1v) is 14.6. The van der Waals surface area contributed by atoms with Crippen LogP contribution in [-0.2, 0) is 0 Å². The van der Waals surface area contributed by atoms with Crippen LogP contribution in [0, 0.1) is 6.92 Å². The number of anilines is 4. The number of piperidine rings is 1. The highest BCUT2D eigenvalue weighted by Gasteiger charge is 2.31. The van der Waals surface area contributed by atoms with Crippen LogP contribution < -0.4 is 20.9 Å². The number of nitrogens with zero attached hydrogens (tertiary/aromatic N) is 5. The summed E-state index contributed by atoms with van der Waals surface area (Å²) in [4.78, 5) is 20.5. The molecule has 2 unspecified atom stereocenters. The van der Waals surface area contributed by atoms with Crippen molar-refractivity contribution >= 4 is 33.9 Å². The van der Waals surface area contributed by atoms with E-state index in [-0.39, 0.29) is 11.7 Å². The Morgan fingerprint density at radius 1 is 0.905 bits per heavy atom. The van der Waals surface area contributed by atoms with Crippen molar-refractivity contribution in [1.82, 2.24) is 25.3 Å². The van der Waals surface area contributed by atoms with Gasteiger partial charge >= 0.3 is 0 Å². The number of fused-ring (bicyclic) bond motifs is 1. The number of benzene rings is 2. The SMILES string of the molecule is Cc1cc(NC2CC(NC(C)(C)C)CCN2c2ccnc3ccccc23)ccc1Nc1nccc(-c2cccnc2)n1. The summed E-state index contributed by atoms with van der Waals surface area (Å²) < 4.78 is 0. The van der Waals surface area contributed by atoms with Gasteiger partial charge in [-0.15, -0.1) is 0 Å². The zero-order chi connectivity index (χ0) is 29.1. The van der Waals surface area contributed by atoms with Gasteiger partial charge in [-0.1, -0.05) is 18.2 Å². The lowest BCUT2D eigenvalue weighted by Crippen LogP contribution is -2.55. The van der Waals surface area contributed by atoms with Gasteiger partial charge in [-0.05, 0) is 88.2 Å². The Labute approximate surface area is 247 Å². The van der Waals surface area contributed by atoms with Crippen molar-refractivity contribution in [2.45, 2.75) is 58.3 Å². The van der Waals surface area contributed by atoms with Gasteiger partial charge in [-0.25, -0.2) is 9.97 Å². The second-order valence-electron chi connectivity index (χ2n) is 12.0. The Morgan fingerprint density at radius 2 is 1.76 bits per heavy atom. The number of nitrogens with one attached hydrogen (secondary N) is 3. The molecule has 1 fully saturated rings. The van der Waals surface area contributed by atoms with E-state index < -0.39 is 0 Å². The Bertz CT molecular complexity index is 1660. The van der Waals surface area contributed by atoms with Crippen LogP contribution in [0.3, 0.4) is 0 Å². The molecule has 1 saturated heterocycles. The standard InChI is InChI=1S/C34H38N8/c1-23-20-25(11-12-28(23)39-33-37-17-13-29(40-33)24-8-7-16-35-22-24)38-32-21-26(41-34(2,3)4)15-19-42(32)31-14-18-36-30-10-6-5-9-27(30)31/h5-14,16-18,20,22,26,32,38,41H,15,19,21H2,1-4H3,(H,37,39,40). The summed E-state index contributed by atoms with van der Waals surface area (Å²) in [5, 5.41) is 12.3. The van der Waals surface area contributed by atoms with Gasteiger partial charge in [0.05, 0.1) is 11.2 Å². The van der Waals surface area contributed by atoms with Gasteiger partial charge < -0.3 is 20.9 Å². The first-order chi connectivity index (χ1) is 20.3. The van der Waals surface area contributed by atoms with Crippen molar-refractivity contribution in [3.05, 3.63) is 97.1 Å². The summed E-state index contributed by atoms with van der Waals surface area (Å²) in [6.07, 6.45) is 9.42. The van der Waals surface area contributed by atoms with Crippen LogP contribution in [0.25, 0.3) is 22.2 Å². The van der Waals surface area contributed by atoms with E-state index in [1.54, 1.807) is 12.4 Å². The minimum absolute atomic E-state index is 0.0566. The maximum Gasteiger partial charge on any atom is 0.227 e. The van der Waals surface area contributed by atoms with Crippen LogP contribution in [0.15, 0.2) is 91.5 Å². The molecule has 4 heterocycles. The molecular weight excluding hydrogens is 520 g/mol. The van der Waals surface area contributed by atoms with E-state index >= 15 is 0 Å². The summed E-state index contributed by atoms with van der Waals surface area (Å²) in [7, 11) is 0. The third-order valence-electron chi connectivity index (χ3n) is 7.59. The molecule has 0 amide bonds. The average Bonchev–Trinajstić information content (AvgIpc) is 2.98. The van der Waals surface area contributed by atoms with Crippen LogP contribution in [0.4, 0.5) is 23.0 Å². The number of hydrogen-bond acceptors (Lipinski definition) is 8. The van der Waals surface area contributed by atoms with Crippen molar-refractivity contribution < 1.29 is 0 Å². The smallest absolute Gasteiger partial charge is 0.227 e. The molecule has 0 radical (unpaired) electrons. The minimum Gasteiger partial charge on any atom is -0.365 e. The van der Waals surface area contributed by atoms with Crippen LogP contribution in [-0.4, -0.2) is 44.2 Å². The molecule has 214 valence electrons. The molecule has 3 aromatic heterocycles. The van der Waals surface area contributed by atoms with Gasteiger partial charge in [-0.3, -0.25) is 9.97 Å². The number of para-hydroxylation sites is 1. The first kappa shape index (κ1) is 27.6. The first-order valence-electron chi connectivity index (χ1n) is 14.6. The van der Waals surface area contributed by atoms with Gasteiger partial charge in [0.2, 0.25) is 5.95 Å². The molecular formula is C34H38N8. The Morgan fingerprint density at radius 3 is 2.57 bits per heavy atom. The van der Waals surface area contributed by atoms with E-state index in [0.29, 0.717) is 12.0 Å². The predicted molar refractivity (Wildman–Crippen MR) is 172 cm³/mol. The van der Waals surface area contributed by atoms with Crippen molar-refractivity contribution in [2.75, 3.05) is 22.1 Å². The molecule has 0 spiro atoms. The van der Waals surface area contributed by atoms with E-state index in [1.165, 1.54) is 11.1 Å². The highest BCUT2D eigenvalue weighted by Crippen LogP contribution is 2.33. The maximum absolute atomic E-state index is 4.70. The normalized spacial score (nSPS) is 17.3. The lowest BCUT2D eigenvalue weighted by atomic mass is 9.96. The van der Waals surface area contributed by atoms with Gasteiger partial charge in [0.25, 0.3) is 0 Å². The predicted octanol–water partition coefficient (Wildman–Crippen LogP) is 6.93. The molecule has 8 nitrogen and oxygen atoms in total. The fraction of sp³-hybridized carbons (Fsp3) is 0.294. The largest absolute Gasteiger partial charge is 0.365 e. The fourth-order valence-corrected chi connectivity index (χ4v) is 5.77. The lowest BCUT2D eigenvalue weighted by molar-refractivity contribution is 0.297. The summed E-state index contributed by atoms with van der Waals surface area (Å²) in [5.41, 5.74) is 7.23. The zero-order valence-electron chi connectivity index (χ0n) is 24.7. The molecule has 1 aliphatic heterocycles. The van der Waals surface area contributed by atoms with Crippen molar-refractivity contribution in [1.29, 1.82) is 0 Å². The molecule has 42 heavy (non-hydrogen) atoms. The highest BCUT2D eigenvalue weighted by molar-refractivity contribution is 5.91. The van der Waals surface area contributed by atoms with Crippen molar-refractivity contribution in [2.24, 2.45) is 0 Å². The Balaban J connectivity index is 1.24. The van der Waals surface area contributed by atoms with Crippen LogP contribution in [0.2, 0.25) is 0 Å². The molecule has 2 aromatic carbocycles. The van der Waals surface area contributed by atoms with Gasteiger partial charge in [0.15, 0.2) is 0 Å². The molecule has 0 aliphatic carbocycles. The highest BCUT2D eigenvalue weighted by atomic mass is 15.3. The monoisotopic (exact) mass is 558 g/mol. The molecule has 2 atom stereocenters. The second kappa shape index (κ2) is 11.7. The minimum atomic E-state index is 0.0566. The van der Waals surface area contributed by atoms with E-state index in [1.807, 2.05) is 36.7 Å². The Kier molecular flexibility index (Phi) is 7.71. The quantitative estimate of drug-likeness (QED) is 0.198.